The molecular weight excluding hydrogens is 300 g/mol. The number of hydrogen-bond acceptors (Lipinski definition) is 5. The lowest BCUT2D eigenvalue weighted by Gasteiger charge is -2.08. The lowest BCUT2D eigenvalue weighted by molar-refractivity contribution is 0.0926. The standard InChI is InChI=1S/C16H16N2O5/c19-11-7-10(8-12(20)9-11)15(22)17-5-6-18-16(23)13-3-1-2-4-14(13)21/h1-4,7-9,19-21H,5-6H2,(H,17,22)(H,18,23). The van der Waals surface area contributed by atoms with Crippen LogP contribution in [0.15, 0.2) is 42.5 Å². The van der Waals surface area contributed by atoms with Crippen LogP contribution in [0.4, 0.5) is 0 Å². The van der Waals surface area contributed by atoms with Gasteiger partial charge in [0, 0.05) is 24.7 Å². The number of amides is 2. The smallest absolute Gasteiger partial charge is 0.255 e. The Balaban J connectivity index is 1.82. The largest absolute Gasteiger partial charge is 0.508 e. The molecule has 0 atom stereocenters. The number of carbonyl (C=O) groups excluding carboxylic acids is 2. The van der Waals surface area contributed by atoms with E-state index in [9.17, 15) is 24.9 Å². The predicted molar refractivity (Wildman–Crippen MR) is 82.5 cm³/mol. The van der Waals surface area contributed by atoms with Crippen molar-refractivity contribution in [2.24, 2.45) is 0 Å². The van der Waals surface area contributed by atoms with Crippen LogP contribution in [-0.4, -0.2) is 40.2 Å². The van der Waals surface area contributed by atoms with Crippen molar-refractivity contribution in [3.05, 3.63) is 53.6 Å². The molecule has 0 aliphatic heterocycles. The van der Waals surface area contributed by atoms with Gasteiger partial charge in [0.25, 0.3) is 11.8 Å². The summed E-state index contributed by atoms with van der Waals surface area (Å²) >= 11 is 0. The summed E-state index contributed by atoms with van der Waals surface area (Å²) in [5, 5.41) is 33.3. The molecular formula is C16H16N2O5. The van der Waals surface area contributed by atoms with Gasteiger partial charge in [-0.15, -0.1) is 0 Å². The van der Waals surface area contributed by atoms with E-state index >= 15 is 0 Å². The molecule has 0 bridgehead atoms. The lowest BCUT2D eigenvalue weighted by atomic mass is 10.2. The predicted octanol–water partition coefficient (Wildman–Crippen LogP) is 0.963. The third-order valence-corrected chi connectivity index (χ3v) is 3.01. The third-order valence-electron chi connectivity index (χ3n) is 3.01. The lowest BCUT2D eigenvalue weighted by Crippen LogP contribution is -2.34. The molecule has 0 heterocycles. The van der Waals surface area contributed by atoms with E-state index in [1.54, 1.807) is 12.1 Å². The highest BCUT2D eigenvalue weighted by Gasteiger charge is 2.10. The van der Waals surface area contributed by atoms with Gasteiger partial charge >= 0.3 is 0 Å². The maximum atomic E-state index is 11.8. The molecule has 0 aliphatic rings. The number of hydrogen-bond donors (Lipinski definition) is 5. The van der Waals surface area contributed by atoms with Crippen LogP contribution in [0.25, 0.3) is 0 Å². The van der Waals surface area contributed by atoms with Crippen molar-refractivity contribution in [2.75, 3.05) is 13.1 Å². The third kappa shape index (κ3) is 4.37. The van der Waals surface area contributed by atoms with Gasteiger partial charge in [-0.3, -0.25) is 9.59 Å². The average Bonchev–Trinajstić information content (AvgIpc) is 2.50. The SMILES string of the molecule is O=C(NCCNC(=O)c1ccccc1O)c1cc(O)cc(O)c1. The molecule has 0 aromatic heterocycles. The minimum Gasteiger partial charge on any atom is -0.508 e. The van der Waals surface area contributed by atoms with E-state index in [2.05, 4.69) is 10.6 Å². The van der Waals surface area contributed by atoms with Crippen molar-refractivity contribution in [1.29, 1.82) is 0 Å². The summed E-state index contributed by atoms with van der Waals surface area (Å²) in [7, 11) is 0. The zero-order valence-corrected chi connectivity index (χ0v) is 12.1. The van der Waals surface area contributed by atoms with Crippen LogP contribution in [0.3, 0.4) is 0 Å². The molecule has 0 unspecified atom stereocenters. The minimum absolute atomic E-state index is 0.106. The molecule has 0 spiro atoms. The molecule has 2 aromatic rings. The Bertz CT molecular complexity index is 710. The Hall–Kier alpha value is -3.22. The summed E-state index contributed by atoms with van der Waals surface area (Å²) in [6.45, 7) is 0.304. The second-order valence-corrected chi connectivity index (χ2v) is 4.77. The average molecular weight is 316 g/mol. The summed E-state index contributed by atoms with van der Waals surface area (Å²) in [5.41, 5.74) is 0.256. The first-order valence-electron chi connectivity index (χ1n) is 6.85. The van der Waals surface area contributed by atoms with Gasteiger partial charge in [-0.25, -0.2) is 0 Å². The van der Waals surface area contributed by atoms with E-state index in [4.69, 9.17) is 0 Å². The van der Waals surface area contributed by atoms with E-state index in [0.717, 1.165) is 6.07 Å². The molecule has 0 aliphatic carbocycles. The van der Waals surface area contributed by atoms with Gasteiger partial charge in [0.1, 0.15) is 17.2 Å². The fourth-order valence-corrected chi connectivity index (χ4v) is 1.94. The van der Waals surface area contributed by atoms with E-state index in [1.807, 2.05) is 0 Å². The van der Waals surface area contributed by atoms with Gasteiger partial charge in [-0.1, -0.05) is 12.1 Å². The van der Waals surface area contributed by atoms with Crippen molar-refractivity contribution in [3.8, 4) is 17.2 Å². The molecule has 23 heavy (non-hydrogen) atoms. The van der Waals surface area contributed by atoms with E-state index in [1.165, 1.54) is 24.3 Å². The number of aromatic hydroxyl groups is 3. The fourth-order valence-electron chi connectivity index (χ4n) is 1.94. The first-order chi connectivity index (χ1) is 11.0. The quantitative estimate of drug-likeness (QED) is 0.527. The van der Waals surface area contributed by atoms with E-state index < -0.39 is 11.8 Å². The molecule has 7 nitrogen and oxygen atoms in total. The fraction of sp³-hybridized carbons (Fsp3) is 0.125. The summed E-state index contributed by atoms with van der Waals surface area (Å²) < 4.78 is 0. The van der Waals surface area contributed by atoms with Crippen molar-refractivity contribution in [3.63, 3.8) is 0 Å². The van der Waals surface area contributed by atoms with E-state index in [-0.39, 0.29) is 41.5 Å². The van der Waals surface area contributed by atoms with Gasteiger partial charge in [0.2, 0.25) is 0 Å². The van der Waals surface area contributed by atoms with Crippen molar-refractivity contribution < 1.29 is 24.9 Å². The number of phenolic OH excluding ortho intramolecular Hbond substituents is 3. The zero-order chi connectivity index (χ0) is 16.8. The summed E-state index contributed by atoms with van der Waals surface area (Å²) in [6.07, 6.45) is 0. The Morgan fingerprint density at radius 1 is 0.826 bits per heavy atom. The summed E-state index contributed by atoms with van der Waals surface area (Å²) in [4.78, 5) is 23.7. The molecule has 0 saturated heterocycles. The van der Waals surface area contributed by atoms with Crippen LogP contribution in [-0.2, 0) is 0 Å². The zero-order valence-electron chi connectivity index (χ0n) is 12.1. The second kappa shape index (κ2) is 7.17. The molecule has 0 fully saturated rings. The summed E-state index contributed by atoms with van der Waals surface area (Å²) in [5.74, 6) is -1.50. The monoisotopic (exact) mass is 316 g/mol. The van der Waals surface area contributed by atoms with Crippen molar-refractivity contribution in [1.82, 2.24) is 10.6 Å². The number of rotatable bonds is 5. The highest BCUT2D eigenvalue weighted by molar-refractivity contribution is 5.97. The van der Waals surface area contributed by atoms with Crippen LogP contribution in [0, 0.1) is 0 Å². The Kier molecular flexibility index (Phi) is 5.03. The Labute approximate surface area is 132 Å². The van der Waals surface area contributed by atoms with Gasteiger partial charge in [-0.05, 0) is 24.3 Å². The maximum absolute atomic E-state index is 11.8. The summed E-state index contributed by atoms with van der Waals surface area (Å²) in [6, 6.07) is 9.68. The Morgan fingerprint density at radius 2 is 1.39 bits per heavy atom. The highest BCUT2D eigenvalue weighted by Crippen LogP contribution is 2.20. The second-order valence-electron chi connectivity index (χ2n) is 4.77. The molecule has 2 amide bonds. The van der Waals surface area contributed by atoms with E-state index in [0.29, 0.717) is 0 Å². The Morgan fingerprint density at radius 3 is 2.00 bits per heavy atom. The normalized spacial score (nSPS) is 10.1. The molecule has 5 N–H and O–H groups in total. The number of carbonyl (C=O) groups is 2. The topological polar surface area (TPSA) is 119 Å². The molecule has 7 heteroatoms. The molecule has 0 saturated carbocycles. The van der Waals surface area contributed by atoms with Crippen LogP contribution in [0.5, 0.6) is 17.2 Å². The van der Waals surface area contributed by atoms with Crippen LogP contribution in [0.1, 0.15) is 20.7 Å². The number of phenols is 3. The molecule has 0 radical (unpaired) electrons. The number of para-hydroxylation sites is 1. The first kappa shape index (κ1) is 16.2. The number of nitrogens with one attached hydrogen (secondary N) is 2. The highest BCUT2D eigenvalue weighted by atomic mass is 16.3. The van der Waals surface area contributed by atoms with Gasteiger partial charge in [-0.2, -0.15) is 0 Å². The van der Waals surface area contributed by atoms with Crippen molar-refractivity contribution in [2.45, 2.75) is 0 Å². The van der Waals surface area contributed by atoms with Crippen LogP contribution < -0.4 is 10.6 Å². The molecule has 2 aromatic carbocycles. The maximum Gasteiger partial charge on any atom is 0.255 e. The number of benzene rings is 2. The van der Waals surface area contributed by atoms with Crippen LogP contribution >= 0.6 is 0 Å². The molecule has 120 valence electrons. The minimum atomic E-state index is -0.493. The molecule has 2 rings (SSSR count). The van der Waals surface area contributed by atoms with Crippen molar-refractivity contribution >= 4 is 11.8 Å². The van der Waals surface area contributed by atoms with Crippen LogP contribution in [0.2, 0.25) is 0 Å². The first-order valence-corrected chi connectivity index (χ1v) is 6.85. The van der Waals surface area contributed by atoms with Gasteiger partial charge in [0.15, 0.2) is 0 Å². The van der Waals surface area contributed by atoms with Gasteiger partial charge in [0.05, 0.1) is 5.56 Å². The van der Waals surface area contributed by atoms with Gasteiger partial charge < -0.3 is 26.0 Å².